The average Bonchev–Trinajstić information content (AvgIpc) is 2.06. The minimum Gasteiger partial charge on any atom is -0.395 e. The normalized spacial score (nSPS) is 16.0. The SMILES string of the molecule is CCCSC(CO)C(N)COC. The van der Waals surface area contributed by atoms with E-state index in [4.69, 9.17) is 15.6 Å². The van der Waals surface area contributed by atoms with E-state index in [1.165, 1.54) is 0 Å². The van der Waals surface area contributed by atoms with Crippen molar-refractivity contribution in [2.75, 3.05) is 26.1 Å². The van der Waals surface area contributed by atoms with E-state index in [2.05, 4.69) is 6.92 Å². The van der Waals surface area contributed by atoms with Gasteiger partial charge in [0.1, 0.15) is 0 Å². The first kappa shape index (κ1) is 12.2. The molecule has 0 saturated carbocycles. The van der Waals surface area contributed by atoms with Crippen LogP contribution >= 0.6 is 11.8 Å². The van der Waals surface area contributed by atoms with Crippen molar-refractivity contribution in [1.82, 2.24) is 0 Å². The maximum Gasteiger partial charge on any atom is 0.0625 e. The highest BCUT2D eigenvalue weighted by Crippen LogP contribution is 2.14. The van der Waals surface area contributed by atoms with Crippen LogP contribution < -0.4 is 5.73 Å². The van der Waals surface area contributed by atoms with Crippen LogP contribution in [-0.2, 0) is 4.74 Å². The molecule has 0 saturated heterocycles. The molecule has 0 aliphatic rings. The molecule has 0 fully saturated rings. The third kappa shape index (κ3) is 4.98. The van der Waals surface area contributed by atoms with E-state index in [-0.39, 0.29) is 17.9 Å². The highest BCUT2D eigenvalue weighted by molar-refractivity contribution is 7.99. The Morgan fingerprint density at radius 3 is 2.67 bits per heavy atom. The number of ether oxygens (including phenoxy) is 1. The van der Waals surface area contributed by atoms with Gasteiger partial charge in [0.15, 0.2) is 0 Å². The Kier molecular flexibility index (Phi) is 8.01. The Morgan fingerprint density at radius 2 is 2.25 bits per heavy atom. The molecule has 74 valence electrons. The molecule has 3 nitrogen and oxygen atoms in total. The number of rotatable bonds is 7. The molecule has 0 radical (unpaired) electrons. The Morgan fingerprint density at radius 1 is 1.58 bits per heavy atom. The molecular formula is C8H19NO2S. The lowest BCUT2D eigenvalue weighted by molar-refractivity contribution is 0.167. The first-order valence-corrected chi connectivity index (χ1v) is 5.28. The molecule has 0 heterocycles. The van der Waals surface area contributed by atoms with Crippen molar-refractivity contribution in [2.45, 2.75) is 24.6 Å². The minimum atomic E-state index is -0.0588. The molecule has 2 atom stereocenters. The molecule has 0 amide bonds. The lowest BCUT2D eigenvalue weighted by Crippen LogP contribution is -2.39. The molecule has 0 aliphatic heterocycles. The summed E-state index contributed by atoms with van der Waals surface area (Å²) in [5, 5.41) is 9.11. The van der Waals surface area contributed by atoms with Gasteiger partial charge in [0.2, 0.25) is 0 Å². The van der Waals surface area contributed by atoms with Gasteiger partial charge in [-0.25, -0.2) is 0 Å². The van der Waals surface area contributed by atoms with Crippen molar-refractivity contribution in [2.24, 2.45) is 5.73 Å². The smallest absolute Gasteiger partial charge is 0.0625 e. The first-order chi connectivity index (χ1) is 5.76. The molecule has 0 spiro atoms. The second-order valence-electron chi connectivity index (χ2n) is 2.71. The van der Waals surface area contributed by atoms with E-state index in [1.54, 1.807) is 18.9 Å². The maximum atomic E-state index is 8.99. The first-order valence-electron chi connectivity index (χ1n) is 4.23. The third-order valence-corrected chi connectivity index (χ3v) is 3.12. The third-order valence-electron chi connectivity index (χ3n) is 1.55. The second kappa shape index (κ2) is 7.86. The van der Waals surface area contributed by atoms with Crippen LogP contribution in [0.1, 0.15) is 13.3 Å². The fraction of sp³-hybridized carbons (Fsp3) is 1.00. The molecule has 0 aromatic rings. The van der Waals surface area contributed by atoms with Crippen molar-refractivity contribution in [3.8, 4) is 0 Å². The van der Waals surface area contributed by atoms with Gasteiger partial charge in [-0.15, -0.1) is 0 Å². The quantitative estimate of drug-likeness (QED) is 0.617. The molecule has 3 N–H and O–H groups in total. The number of hydrogen-bond donors (Lipinski definition) is 2. The van der Waals surface area contributed by atoms with Crippen LogP contribution in [0.2, 0.25) is 0 Å². The number of aliphatic hydroxyl groups is 1. The van der Waals surface area contributed by atoms with Crippen molar-refractivity contribution in [3.63, 3.8) is 0 Å². The van der Waals surface area contributed by atoms with Gasteiger partial charge in [0.25, 0.3) is 0 Å². The van der Waals surface area contributed by atoms with Crippen LogP contribution in [0, 0.1) is 0 Å². The van der Waals surface area contributed by atoms with E-state index in [1.807, 2.05) is 0 Å². The van der Waals surface area contributed by atoms with Crippen LogP contribution in [0.4, 0.5) is 0 Å². The van der Waals surface area contributed by atoms with Gasteiger partial charge in [-0.1, -0.05) is 6.92 Å². The van der Waals surface area contributed by atoms with Crippen molar-refractivity contribution < 1.29 is 9.84 Å². The molecule has 4 heteroatoms. The van der Waals surface area contributed by atoms with E-state index in [0.29, 0.717) is 6.61 Å². The van der Waals surface area contributed by atoms with Gasteiger partial charge < -0.3 is 15.6 Å². The van der Waals surface area contributed by atoms with E-state index < -0.39 is 0 Å². The second-order valence-corrected chi connectivity index (χ2v) is 4.06. The summed E-state index contributed by atoms with van der Waals surface area (Å²) in [5.41, 5.74) is 5.77. The predicted octanol–water partition coefficient (Wildman–Crippen LogP) is 0.464. The summed E-state index contributed by atoms with van der Waals surface area (Å²) in [7, 11) is 1.62. The zero-order valence-corrected chi connectivity index (χ0v) is 8.64. The molecule has 0 aromatic carbocycles. The fourth-order valence-electron chi connectivity index (χ4n) is 0.881. The average molecular weight is 193 g/mol. The zero-order chi connectivity index (χ0) is 9.40. The van der Waals surface area contributed by atoms with Gasteiger partial charge >= 0.3 is 0 Å². The molecule has 0 rings (SSSR count). The zero-order valence-electron chi connectivity index (χ0n) is 7.82. The molecular weight excluding hydrogens is 174 g/mol. The molecule has 0 aromatic heterocycles. The summed E-state index contributed by atoms with van der Waals surface area (Å²) in [6.07, 6.45) is 1.11. The summed E-state index contributed by atoms with van der Waals surface area (Å²) in [4.78, 5) is 0. The topological polar surface area (TPSA) is 55.5 Å². The number of thioether (sulfide) groups is 1. The van der Waals surface area contributed by atoms with Crippen LogP contribution in [0.25, 0.3) is 0 Å². The van der Waals surface area contributed by atoms with Crippen LogP contribution in [0.15, 0.2) is 0 Å². The standard InChI is InChI=1S/C8H19NO2S/c1-3-4-12-8(5-10)7(9)6-11-2/h7-8,10H,3-6,9H2,1-2H3. The minimum absolute atomic E-state index is 0.0588. The van der Waals surface area contributed by atoms with Gasteiger partial charge in [0, 0.05) is 18.4 Å². The number of aliphatic hydroxyl groups excluding tert-OH is 1. The molecule has 2 unspecified atom stereocenters. The Hall–Kier alpha value is 0.230. The van der Waals surface area contributed by atoms with Gasteiger partial charge in [0.05, 0.1) is 13.2 Å². The van der Waals surface area contributed by atoms with Crippen LogP contribution in [-0.4, -0.2) is 42.5 Å². The largest absolute Gasteiger partial charge is 0.395 e. The Labute approximate surface area is 78.7 Å². The van der Waals surface area contributed by atoms with Gasteiger partial charge in [-0.05, 0) is 12.2 Å². The highest BCUT2D eigenvalue weighted by Gasteiger charge is 2.16. The summed E-state index contributed by atoms with van der Waals surface area (Å²) < 4.78 is 4.92. The summed E-state index contributed by atoms with van der Waals surface area (Å²) in [6.45, 7) is 2.76. The highest BCUT2D eigenvalue weighted by atomic mass is 32.2. The lowest BCUT2D eigenvalue weighted by Gasteiger charge is -2.20. The Balaban J connectivity index is 3.62. The Bertz CT molecular complexity index is 103. The summed E-state index contributed by atoms with van der Waals surface area (Å²) in [6, 6.07) is -0.0588. The van der Waals surface area contributed by atoms with Crippen molar-refractivity contribution >= 4 is 11.8 Å². The summed E-state index contributed by atoms with van der Waals surface area (Å²) >= 11 is 1.71. The predicted molar refractivity (Wildman–Crippen MR) is 53.5 cm³/mol. The maximum absolute atomic E-state index is 8.99. The van der Waals surface area contributed by atoms with E-state index >= 15 is 0 Å². The van der Waals surface area contributed by atoms with Gasteiger partial charge in [-0.3, -0.25) is 0 Å². The van der Waals surface area contributed by atoms with Crippen LogP contribution in [0.5, 0.6) is 0 Å². The molecule has 12 heavy (non-hydrogen) atoms. The molecule has 0 bridgehead atoms. The van der Waals surface area contributed by atoms with Crippen molar-refractivity contribution in [1.29, 1.82) is 0 Å². The van der Waals surface area contributed by atoms with Gasteiger partial charge in [-0.2, -0.15) is 11.8 Å². The van der Waals surface area contributed by atoms with E-state index in [9.17, 15) is 0 Å². The lowest BCUT2D eigenvalue weighted by atomic mass is 10.2. The van der Waals surface area contributed by atoms with Crippen LogP contribution in [0.3, 0.4) is 0 Å². The number of methoxy groups -OCH3 is 1. The number of hydrogen-bond acceptors (Lipinski definition) is 4. The van der Waals surface area contributed by atoms with Crippen molar-refractivity contribution in [3.05, 3.63) is 0 Å². The van der Waals surface area contributed by atoms with E-state index in [0.717, 1.165) is 12.2 Å². The molecule has 0 aliphatic carbocycles. The monoisotopic (exact) mass is 193 g/mol. The summed E-state index contributed by atoms with van der Waals surface area (Å²) in [5.74, 6) is 1.04. The number of nitrogens with two attached hydrogens (primary N) is 1. The fourth-order valence-corrected chi connectivity index (χ4v) is 1.85.